The van der Waals surface area contributed by atoms with Crippen molar-refractivity contribution in [2.24, 2.45) is 5.10 Å². The summed E-state index contributed by atoms with van der Waals surface area (Å²) in [5.41, 5.74) is 1.76. The third kappa shape index (κ3) is 2.77. The normalized spacial score (nSPS) is 17.1. The molecule has 4 nitrogen and oxygen atoms in total. The number of amides is 1. The first kappa shape index (κ1) is 15.2. The van der Waals surface area contributed by atoms with Gasteiger partial charge in [0.25, 0.3) is 5.91 Å². The highest BCUT2D eigenvalue weighted by Crippen LogP contribution is 2.35. The van der Waals surface area contributed by atoms with Gasteiger partial charge in [0.2, 0.25) is 0 Å². The molecule has 3 aromatic rings. The second-order valence-corrected chi connectivity index (χ2v) is 6.81. The Morgan fingerprint density at radius 3 is 2.71 bits per heavy atom. The molecule has 2 aromatic heterocycles. The molecule has 0 fully saturated rings. The summed E-state index contributed by atoms with van der Waals surface area (Å²) in [6.45, 7) is 0. The fourth-order valence-electron chi connectivity index (χ4n) is 2.75. The largest absolute Gasteiger partial charge is 0.463 e. The Kier molecular flexibility index (Phi) is 3.96. The molecule has 120 valence electrons. The number of carbonyl (C=O) groups is 1. The minimum atomic E-state index is -0.169. The van der Waals surface area contributed by atoms with Gasteiger partial charge in [-0.3, -0.25) is 4.79 Å². The van der Waals surface area contributed by atoms with Gasteiger partial charge in [0.05, 0.1) is 17.2 Å². The van der Waals surface area contributed by atoms with Crippen molar-refractivity contribution in [1.82, 2.24) is 5.01 Å². The van der Waals surface area contributed by atoms with Crippen LogP contribution in [0, 0.1) is 0 Å². The van der Waals surface area contributed by atoms with E-state index in [9.17, 15) is 4.79 Å². The van der Waals surface area contributed by atoms with Crippen molar-refractivity contribution in [2.45, 2.75) is 12.5 Å². The molecule has 0 spiro atoms. The van der Waals surface area contributed by atoms with Gasteiger partial charge in [0.15, 0.2) is 0 Å². The van der Waals surface area contributed by atoms with E-state index < -0.39 is 0 Å². The van der Waals surface area contributed by atoms with Gasteiger partial charge in [0.1, 0.15) is 11.5 Å². The molecule has 1 atom stereocenters. The average molecular weight is 357 g/mol. The van der Waals surface area contributed by atoms with Crippen LogP contribution in [0.3, 0.4) is 0 Å². The molecular weight excluding hydrogens is 344 g/mol. The van der Waals surface area contributed by atoms with Crippen LogP contribution >= 0.6 is 22.9 Å². The van der Waals surface area contributed by atoms with Gasteiger partial charge in [-0.25, -0.2) is 5.01 Å². The maximum absolute atomic E-state index is 12.8. The van der Waals surface area contributed by atoms with Crippen molar-refractivity contribution >= 4 is 34.6 Å². The summed E-state index contributed by atoms with van der Waals surface area (Å²) in [6.07, 6.45) is 2.21. The number of carbonyl (C=O) groups excluding carboxylic acids is 1. The quantitative estimate of drug-likeness (QED) is 0.664. The molecule has 4 rings (SSSR count). The molecule has 0 saturated carbocycles. The molecule has 0 bridgehead atoms. The van der Waals surface area contributed by atoms with E-state index in [4.69, 9.17) is 16.0 Å². The predicted octanol–water partition coefficient (Wildman–Crippen LogP) is 4.99. The summed E-state index contributed by atoms with van der Waals surface area (Å²) >= 11 is 7.40. The van der Waals surface area contributed by atoms with E-state index in [-0.39, 0.29) is 11.9 Å². The van der Waals surface area contributed by atoms with Gasteiger partial charge in [-0.1, -0.05) is 29.8 Å². The van der Waals surface area contributed by atoms with E-state index in [1.54, 1.807) is 11.3 Å². The first-order valence-corrected chi connectivity index (χ1v) is 8.72. The standard InChI is InChI=1S/C18H13ClN2O2S/c19-13-7-5-12(6-8-13)15-11-14(16-3-1-9-23-16)20-21(15)18(22)17-4-2-10-24-17/h1-10,15H,11H2/t15-/m1/s1. The lowest BCUT2D eigenvalue weighted by atomic mass is 10.0. The van der Waals surface area contributed by atoms with Crippen LogP contribution in [0.4, 0.5) is 0 Å². The predicted molar refractivity (Wildman–Crippen MR) is 94.5 cm³/mol. The van der Waals surface area contributed by atoms with Crippen LogP contribution in [0.2, 0.25) is 5.02 Å². The Morgan fingerprint density at radius 1 is 1.21 bits per heavy atom. The second kappa shape index (κ2) is 6.26. The summed E-state index contributed by atoms with van der Waals surface area (Å²) in [6, 6.07) is 14.7. The van der Waals surface area contributed by atoms with E-state index in [1.165, 1.54) is 11.3 Å². The molecule has 6 heteroatoms. The van der Waals surface area contributed by atoms with Crippen molar-refractivity contribution < 1.29 is 9.21 Å². The Labute approximate surface area is 148 Å². The van der Waals surface area contributed by atoms with Crippen LogP contribution in [0.15, 0.2) is 69.7 Å². The van der Waals surface area contributed by atoms with Gasteiger partial charge >= 0.3 is 0 Å². The minimum absolute atomic E-state index is 0.105. The molecule has 1 aromatic carbocycles. The number of furan rings is 1. The maximum Gasteiger partial charge on any atom is 0.284 e. The number of nitrogens with zero attached hydrogens (tertiary/aromatic N) is 2. The van der Waals surface area contributed by atoms with Gasteiger partial charge in [-0.2, -0.15) is 5.10 Å². The molecule has 1 aliphatic rings. The lowest BCUT2D eigenvalue weighted by Crippen LogP contribution is -2.26. The lowest BCUT2D eigenvalue weighted by Gasteiger charge is -2.21. The van der Waals surface area contributed by atoms with Crippen molar-refractivity contribution in [3.8, 4) is 0 Å². The van der Waals surface area contributed by atoms with Crippen LogP contribution < -0.4 is 0 Å². The zero-order valence-electron chi connectivity index (χ0n) is 12.6. The smallest absolute Gasteiger partial charge is 0.284 e. The number of hydrogen-bond donors (Lipinski definition) is 0. The lowest BCUT2D eigenvalue weighted by molar-refractivity contribution is 0.0716. The highest BCUT2D eigenvalue weighted by atomic mass is 35.5. The third-order valence-corrected chi connectivity index (χ3v) is 5.02. The molecule has 0 unspecified atom stereocenters. The van der Waals surface area contributed by atoms with Crippen LogP contribution in [0.1, 0.15) is 33.5 Å². The van der Waals surface area contributed by atoms with E-state index in [2.05, 4.69) is 5.10 Å². The molecule has 1 aliphatic heterocycles. The van der Waals surface area contributed by atoms with Crippen molar-refractivity contribution in [2.75, 3.05) is 0 Å². The summed E-state index contributed by atoms with van der Waals surface area (Å²) in [5.74, 6) is 0.585. The molecule has 3 heterocycles. The molecule has 1 amide bonds. The van der Waals surface area contributed by atoms with E-state index in [0.717, 1.165) is 11.3 Å². The summed E-state index contributed by atoms with van der Waals surface area (Å²) < 4.78 is 5.45. The monoisotopic (exact) mass is 356 g/mol. The first-order chi connectivity index (χ1) is 11.7. The average Bonchev–Trinajstić information content (AvgIpc) is 3.34. The number of halogens is 1. The van der Waals surface area contributed by atoms with Crippen LogP contribution in [-0.4, -0.2) is 16.6 Å². The van der Waals surface area contributed by atoms with Crippen molar-refractivity contribution in [3.05, 3.63) is 81.4 Å². The second-order valence-electron chi connectivity index (χ2n) is 5.42. The van der Waals surface area contributed by atoms with Gasteiger partial charge in [0, 0.05) is 11.4 Å². The van der Waals surface area contributed by atoms with E-state index in [0.29, 0.717) is 22.1 Å². The number of rotatable bonds is 3. The zero-order chi connectivity index (χ0) is 16.5. The fraction of sp³-hybridized carbons (Fsp3) is 0.111. The maximum atomic E-state index is 12.8. The summed E-state index contributed by atoms with van der Waals surface area (Å²) in [7, 11) is 0. The first-order valence-electron chi connectivity index (χ1n) is 7.46. The Morgan fingerprint density at radius 2 is 2.04 bits per heavy atom. The van der Waals surface area contributed by atoms with E-state index in [1.807, 2.05) is 53.9 Å². The Bertz CT molecular complexity index is 870. The molecular formula is C18H13ClN2O2S. The Balaban J connectivity index is 1.72. The van der Waals surface area contributed by atoms with E-state index >= 15 is 0 Å². The van der Waals surface area contributed by atoms with Gasteiger partial charge in [-0.05, 0) is 41.3 Å². The number of thiophene rings is 1. The minimum Gasteiger partial charge on any atom is -0.463 e. The molecule has 0 saturated heterocycles. The van der Waals surface area contributed by atoms with Crippen molar-refractivity contribution in [3.63, 3.8) is 0 Å². The van der Waals surface area contributed by atoms with Crippen LogP contribution in [0.5, 0.6) is 0 Å². The molecule has 24 heavy (non-hydrogen) atoms. The third-order valence-electron chi connectivity index (χ3n) is 3.91. The highest BCUT2D eigenvalue weighted by molar-refractivity contribution is 7.12. The van der Waals surface area contributed by atoms with Gasteiger partial charge < -0.3 is 4.42 Å². The molecule has 0 radical (unpaired) electrons. The van der Waals surface area contributed by atoms with Gasteiger partial charge in [-0.15, -0.1) is 11.3 Å². The number of hydrogen-bond acceptors (Lipinski definition) is 4. The summed E-state index contributed by atoms with van der Waals surface area (Å²) in [5, 5.41) is 8.65. The van der Waals surface area contributed by atoms with Crippen molar-refractivity contribution in [1.29, 1.82) is 0 Å². The fourth-order valence-corrected chi connectivity index (χ4v) is 3.53. The van der Waals surface area contributed by atoms with Crippen LogP contribution in [0.25, 0.3) is 0 Å². The highest BCUT2D eigenvalue weighted by Gasteiger charge is 2.34. The topological polar surface area (TPSA) is 45.8 Å². The number of benzene rings is 1. The zero-order valence-corrected chi connectivity index (χ0v) is 14.1. The molecule has 0 aliphatic carbocycles. The SMILES string of the molecule is O=C(c1cccs1)N1N=C(c2ccco2)C[C@@H]1c1ccc(Cl)cc1. The number of hydrazone groups is 1. The Hall–Kier alpha value is -2.37. The van der Waals surface area contributed by atoms with Crippen LogP contribution in [-0.2, 0) is 0 Å². The summed E-state index contributed by atoms with van der Waals surface area (Å²) in [4.78, 5) is 13.5. The molecule has 0 N–H and O–H groups in total.